The fraction of sp³-hybridized carbons (Fsp3) is 0.800. The predicted molar refractivity (Wildman–Crippen MR) is 54.0 cm³/mol. The fourth-order valence-electron chi connectivity index (χ4n) is 1.13. The third kappa shape index (κ3) is 7.58. The summed E-state index contributed by atoms with van der Waals surface area (Å²) in [5.41, 5.74) is 0. The van der Waals surface area contributed by atoms with Crippen molar-refractivity contribution >= 4 is 11.9 Å². The number of aliphatic carboxylic acids is 1. The molecule has 0 saturated carbocycles. The van der Waals surface area contributed by atoms with Gasteiger partial charge in [0.15, 0.2) is 0 Å². The number of rotatable bonds is 7. The number of carboxylic acid groups (broad SMARTS) is 1. The summed E-state index contributed by atoms with van der Waals surface area (Å²) in [6.07, 6.45) is 4.21. The highest BCUT2D eigenvalue weighted by molar-refractivity contribution is 5.75. The first-order valence-corrected chi connectivity index (χ1v) is 4.96. The average Bonchev–Trinajstić information content (AvgIpc) is 2.09. The zero-order valence-corrected chi connectivity index (χ0v) is 8.95. The van der Waals surface area contributed by atoms with Crippen molar-refractivity contribution in [2.45, 2.75) is 38.5 Å². The van der Waals surface area contributed by atoms with E-state index < -0.39 is 5.97 Å². The van der Waals surface area contributed by atoms with Crippen LogP contribution >= 0.6 is 0 Å². The summed E-state index contributed by atoms with van der Waals surface area (Å²) < 4.78 is 0. The van der Waals surface area contributed by atoms with Crippen LogP contribution in [0.4, 0.5) is 0 Å². The molecule has 0 aliphatic rings. The number of carboxylic acids is 1. The van der Waals surface area contributed by atoms with E-state index in [4.69, 9.17) is 5.11 Å². The van der Waals surface area contributed by atoms with Gasteiger partial charge in [-0.15, -0.1) is 0 Å². The van der Waals surface area contributed by atoms with Gasteiger partial charge < -0.3 is 10.0 Å². The molecular weight excluding hydrogens is 182 g/mol. The Morgan fingerprint density at radius 2 is 1.50 bits per heavy atom. The molecule has 0 aliphatic heterocycles. The van der Waals surface area contributed by atoms with E-state index >= 15 is 0 Å². The van der Waals surface area contributed by atoms with Gasteiger partial charge in [0.25, 0.3) is 0 Å². The van der Waals surface area contributed by atoms with Crippen molar-refractivity contribution in [3.8, 4) is 0 Å². The highest BCUT2D eigenvalue weighted by atomic mass is 16.4. The number of nitrogens with zero attached hydrogens (tertiary/aromatic N) is 1. The SMILES string of the molecule is CN(C)C(=O)CCCCCCC(=O)O. The Hall–Kier alpha value is -1.06. The van der Waals surface area contributed by atoms with E-state index in [2.05, 4.69) is 0 Å². The number of amides is 1. The van der Waals surface area contributed by atoms with Crippen LogP contribution in [0, 0.1) is 0 Å². The highest BCUT2D eigenvalue weighted by Gasteiger charge is 2.02. The van der Waals surface area contributed by atoms with Crippen LogP contribution in [-0.4, -0.2) is 36.0 Å². The van der Waals surface area contributed by atoms with Gasteiger partial charge in [0.1, 0.15) is 0 Å². The first-order chi connectivity index (χ1) is 6.54. The van der Waals surface area contributed by atoms with Crippen LogP contribution in [0.25, 0.3) is 0 Å². The maximum Gasteiger partial charge on any atom is 0.303 e. The van der Waals surface area contributed by atoms with Crippen molar-refractivity contribution in [3.63, 3.8) is 0 Å². The quantitative estimate of drug-likeness (QED) is 0.635. The summed E-state index contributed by atoms with van der Waals surface area (Å²) in [5.74, 6) is -0.599. The van der Waals surface area contributed by atoms with Gasteiger partial charge in [-0.25, -0.2) is 0 Å². The molecule has 0 radical (unpaired) electrons. The van der Waals surface area contributed by atoms with Crippen molar-refractivity contribution in [2.75, 3.05) is 14.1 Å². The van der Waals surface area contributed by atoms with E-state index in [0.29, 0.717) is 12.8 Å². The van der Waals surface area contributed by atoms with Crippen molar-refractivity contribution in [2.24, 2.45) is 0 Å². The van der Waals surface area contributed by atoms with Gasteiger partial charge >= 0.3 is 5.97 Å². The molecule has 0 aromatic heterocycles. The number of unbranched alkanes of at least 4 members (excludes halogenated alkanes) is 3. The normalized spacial score (nSPS) is 9.86. The third-order valence-electron chi connectivity index (χ3n) is 2.03. The van der Waals surface area contributed by atoms with Crippen molar-refractivity contribution in [3.05, 3.63) is 0 Å². The zero-order valence-electron chi connectivity index (χ0n) is 8.95. The molecule has 1 N–H and O–H groups in total. The molecule has 0 unspecified atom stereocenters. The van der Waals surface area contributed by atoms with Crippen LogP contribution < -0.4 is 0 Å². The summed E-state index contributed by atoms with van der Waals surface area (Å²) in [7, 11) is 3.49. The molecule has 82 valence electrons. The lowest BCUT2D eigenvalue weighted by Gasteiger charge is -2.09. The van der Waals surface area contributed by atoms with Crippen LogP contribution in [0.1, 0.15) is 38.5 Å². The second-order valence-corrected chi connectivity index (χ2v) is 3.60. The Labute approximate surface area is 84.9 Å². The lowest BCUT2D eigenvalue weighted by Crippen LogP contribution is -2.20. The van der Waals surface area contributed by atoms with E-state index in [1.165, 1.54) is 0 Å². The first kappa shape index (κ1) is 12.9. The number of carbonyl (C=O) groups is 2. The summed E-state index contributed by atoms with van der Waals surface area (Å²) in [4.78, 5) is 22.9. The summed E-state index contributed by atoms with van der Waals surface area (Å²) in [6, 6.07) is 0. The van der Waals surface area contributed by atoms with E-state index in [-0.39, 0.29) is 12.3 Å². The summed E-state index contributed by atoms with van der Waals surface area (Å²) >= 11 is 0. The standard InChI is InChI=1S/C10H19NO3/c1-11(2)9(12)7-5-3-4-6-8-10(13)14/h3-8H2,1-2H3,(H,13,14). The Morgan fingerprint density at radius 1 is 1.00 bits per heavy atom. The number of hydrogen-bond donors (Lipinski definition) is 1. The molecule has 0 rings (SSSR count). The molecule has 0 saturated heterocycles. The Bertz CT molecular complexity index is 190. The van der Waals surface area contributed by atoms with Gasteiger partial charge in [-0.2, -0.15) is 0 Å². The molecule has 14 heavy (non-hydrogen) atoms. The predicted octanol–water partition coefficient (Wildman–Crippen LogP) is 1.50. The average molecular weight is 201 g/mol. The van der Waals surface area contributed by atoms with Crippen LogP contribution in [0.15, 0.2) is 0 Å². The topological polar surface area (TPSA) is 57.6 Å². The van der Waals surface area contributed by atoms with E-state index in [9.17, 15) is 9.59 Å². The molecule has 0 fully saturated rings. The van der Waals surface area contributed by atoms with E-state index in [0.717, 1.165) is 19.3 Å². The van der Waals surface area contributed by atoms with Gasteiger partial charge in [0, 0.05) is 26.9 Å². The van der Waals surface area contributed by atoms with Gasteiger partial charge in [-0.05, 0) is 12.8 Å². The molecule has 4 heteroatoms. The molecular formula is C10H19NO3. The Balaban J connectivity index is 3.22. The number of carbonyl (C=O) groups excluding carboxylic acids is 1. The summed E-state index contributed by atoms with van der Waals surface area (Å²) in [5, 5.41) is 8.37. The van der Waals surface area contributed by atoms with Gasteiger partial charge in [0.05, 0.1) is 0 Å². The molecule has 0 heterocycles. The van der Waals surface area contributed by atoms with Crippen molar-refractivity contribution < 1.29 is 14.7 Å². The zero-order chi connectivity index (χ0) is 11.0. The molecule has 1 amide bonds. The van der Waals surface area contributed by atoms with Crippen molar-refractivity contribution in [1.82, 2.24) is 4.90 Å². The molecule has 4 nitrogen and oxygen atoms in total. The summed E-state index contributed by atoms with van der Waals surface area (Å²) in [6.45, 7) is 0. The second kappa shape index (κ2) is 7.35. The highest BCUT2D eigenvalue weighted by Crippen LogP contribution is 2.06. The smallest absolute Gasteiger partial charge is 0.303 e. The van der Waals surface area contributed by atoms with Crippen LogP contribution in [0.3, 0.4) is 0 Å². The Kier molecular flexibility index (Phi) is 6.80. The molecule has 0 aromatic rings. The van der Waals surface area contributed by atoms with Crippen molar-refractivity contribution in [1.29, 1.82) is 0 Å². The van der Waals surface area contributed by atoms with Crippen LogP contribution in [0.5, 0.6) is 0 Å². The lowest BCUT2D eigenvalue weighted by molar-refractivity contribution is -0.137. The molecule has 0 spiro atoms. The molecule has 0 aromatic carbocycles. The van der Waals surface area contributed by atoms with Crippen LogP contribution in [-0.2, 0) is 9.59 Å². The maximum atomic E-state index is 11.1. The maximum absolute atomic E-state index is 11.1. The van der Waals surface area contributed by atoms with Gasteiger partial charge in [0.2, 0.25) is 5.91 Å². The molecule has 0 bridgehead atoms. The third-order valence-corrected chi connectivity index (χ3v) is 2.03. The fourth-order valence-corrected chi connectivity index (χ4v) is 1.13. The van der Waals surface area contributed by atoms with Gasteiger partial charge in [-0.3, -0.25) is 9.59 Å². The second-order valence-electron chi connectivity index (χ2n) is 3.60. The van der Waals surface area contributed by atoms with Gasteiger partial charge in [-0.1, -0.05) is 12.8 Å². The Morgan fingerprint density at radius 3 is 1.93 bits per heavy atom. The first-order valence-electron chi connectivity index (χ1n) is 4.96. The minimum atomic E-state index is -0.741. The van der Waals surface area contributed by atoms with Crippen LogP contribution in [0.2, 0.25) is 0 Å². The monoisotopic (exact) mass is 201 g/mol. The minimum absolute atomic E-state index is 0.142. The minimum Gasteiger partial charge on any atom is -0.481 e. The molecule has 0 atom stereocenters. The largest absolute Gasteiger partial charge is 0.481 e. The lowest BCUT2D eigenvalue weighted by atomic mass is 10.1. The van der Waals surface area contributed by atoms with E-state index in [1.54, 1.807) is 19.0 Å². The number of hydrogen-bond acceptors (Lipinski definition) is 2. The molecule has 0 aliphatic carbocycles. The van der Waals surface area contributed by atoms with E-state index in [1.807, 2.05) is 0 Å².